The van der Waals surface area contributed by atoms with Gasteiger partial charge in [0.05, 0.1) is 7.11 Å². The summed E-state index contributed by atoms with van der Waals surface area (Å²) in [7, 11) is 1.38. The van der Waals surface area contributed by atoms with Crippen LogP contribution in [-0.2, 0) is 11.3 Å². The molecule has 2 rings (SSSR count). The Hall–Kier alpha value is -2.74. The van der Waals surface area contributed by atoms with Crippen LogP contribution in [0.3, 0.4) is 0 Å². The molecule has 0 atom stereocenters. The van der Waals surface area contributed by atoms with E-state index in [4.69, 9.17) is 4.74 Å². The molecule has 0 aliphatic heterocycles. The van der Waals surface area contributed by atoms with E-state index in [2.05, 4.69) is 20.4 Å². The molecular formula is C18H21F2N3O3. The molecule has 8 heteroatoms. The first-order valence-corrected chi connectivity index (χ1v) is 8.04. The van der Waals surface area contributed by atoms with E-state index in [1.165, 1.54) is 13.2 Å². The number of aryl methyl sites for hydroxylation is 1. The van der Waals surface area contributed by atoms with Crippen LogP contribution < -0.4 is 20.1 Å². The normalized spacial score (nSPS) is 10.7. The minimum Gasteiger partial charge on any atom is -0.493 e. The van der Waals surface area contributed by atoms with Crippen LogP contribution in [0.2, 0.25) is 0 Å². The Bertz CT molecular complexity index is 741. The van der Waals surface area contributed by atoms with Crippen LogP contribution in [0.1, 0.15) is 17.7 Å². The number of hydrogen-bond acceptors (Lipinski definition) is 5. The van der Waals surface area contributed by atoms with Gasteiger partial charge in [0, 0.05) is 25.2 Å². The highest BCUT2D eigenvalue weighted by molar-refractivity contribution is 5.89. The Balaban J connectivity index is 1.77. The van der Waals surface area contributed by atoms with Crippen LogP contribution in [0.4, 0.5) is 14.6 Å². The minimum atomic E-state index is -2.91. The lowest BCUT2D eigenvalue weighted by Crippen LogP contribution is -2.22. The van der Waals surface area contributed by atoms with Crippen molar-refractivity contribution >= 4 is 11.7 Å². The van der Waals surface area contributed by atoms with Crippen molar-refractivity contribution < 1.29 is 23.0 Å². The smallest absolute Gasteiger partial charge is 0.387 e. The molecule has 0 aliphatic carbocycles. The molecule has 2 aromatic rings. The van der Waals surface area contributed by atoms with E-state index in [9.17, 15) is 13.6 Å². The number of aromatic nitrogens is 1. The summed E-state index contributed by atoms with van der Waals surface area (Å²) in [6, 6.07) is 10.1. The Morgan fingerprint density at radius 1 is 1.23 bits per heavy atom. The third-order valence-electron chi connectivity index (χ3n) is 3.46. The zero-order valence-corrected chi connectivity index (χ0v) is 14.6. The molecule has 2 N–H and O–H groups in total. The number of hydrogen-bond donors (Lipinski definition) is 2. The molecule has 1 aromatic heterocycles. The van der Waals surface area contributed by atoms with Crippen LogP contribution in [0.5, 0.6) is 11.5 Å². The Morgan fingerprint density at radius 3 is 2.73 bits per heavy atom. The van der Waals surface area contributed by atoms with Gasteiger partial charge in [0.15, 0.2) is 11.5 Å². The fourth-order valence-corrected chi connectivity index (χ4v) is 2.27. The zero-order valence-electron chi connectivity index (χ0n) is 14.6. The number of amides is 1. The van der Waals surface area contributed by atoms with E-state index in [0.29, 0.717) is 18.9 Å². The van der Waals surface area contributed by atoms with Crippen molar-refractivity contribution in [3.8, 4) is 11.5 Å². The van der Waals surface area contributed by atoms with Crippen molar-refractivity contribution in [1.82, 2.24) is 10.3 Å². The molecule has 26 heavy (non-hydrogen) atoms. The molecule has 0 unspecified atom stereocenters. The van der Waals surface area contributed by atoms with Gasteiger partial charge in [-0.3, -0.25) is 4.79 Å². The first-order valence-electron chi connectivity index (χ1n) is 8.04. The minimum absolute atomic E-state index is 0.0173. The highest BCUT2D eigenvalue weighted by Crippen LogP contribution is 2.29. The first-order chi connectivity index (χ1) is 12.5. The van der Waals surface area contributed by atoms with Gasteiger partial charge in [0.1, 0.15) is 5.82 Å². The second-order valence-electron chi connectivity index (χ2n) is 5.50. The Kier molecular flexibility index (Phi) is 7.28. The zero-order chi connectivity index (χ0) is 18.9. The highest BCUT2D eigenvalue weighted by atomic mass is 19.3. The van der Waals surface area contributed by atoms with Crippen molar-refractivity contribution in [3.05, 3.63) is 47.7 Å². The van der Waals surface area contributed by atoms with Crippen LogP contribution in [-0.4, -0.2) is 31.2 Å². The maximum absolute atomic E-state index is 12.3. The van der Waals surface area contributed by atoms with Gasteiger partial charge >= 0.3 is 6.61 Å². The molecule has 0 fully saturated rings. The fraction of sp³-hybridized carbons (Fsp3) is 0.333. The molecule has 140 valence electrons. The molecular weight excluding hydrogens is 344 g/mol. The molecule has 0 bridgehead atoms. The van der Waals surface area contributed by atoms with Gasteiger partial charge in [-0.15, -0.1) is 0 Å². The number of nitrogens with zero attached hydrogens (tertiary/aromatic N) is 1. The molecule has 0 saturated carbocycles. The SMILES string of the molecule is COc1cc(CNCCC(=O)Nc2cccc(C)n2)ccc1OC(F)F. The van der Waals surface area contributed by atoms with Crippen LogP contribution in [0.25, 0.3) is 0 Å². The number of carbonyl (C=O) groups excluding carboxylic acids is 1. The molecule has 0 saturated heterocycles. The van der Waals surface area contributed by atoms with E-state index in [1.54, 1.807) is 18.2 Å². The van der Waals surface area contributed by atoms with Gasteiger partial charge in [-0.05, 0) is 36.8 Å². The van der Waals surface area contributed by atoms with Crippen molar-refractivity contribution in [2.75, 3.05) is 19.0 Å². The lowest BCUT2D eigenvalue weighted by molar-refractivity contribution is -0.116. The predicted octanol–water partition coefficient (Wildman–Crippen LogP) is 3.12. The van der Waals surface area contributed by atoms with Crippen molar-refractivity contribution in [3.63, 3.8) is 0 Å². The third-order valence-corrected chi connectivity index (χ3v) is 3.46. The quantitative estimate of drug-likeness (QED) is 0.668. The van der Waals surface area contributed by atoms with E-state index in [-0.39, 0.29) is 23.8 Å². The first kappa shape index (κ1) is 19.6. The van der Waals surface area contributed by atoms with Gasteiger partial charge in [0.25, 0.3) is 0 Å². The average molecular weight is 365 g/mol. The highest BCUT2D eigenvalue weighted by Gasteiger charge is 2.11. The van der Waals surface area contributed by atoms with Crippen molar-refractivity contribution in [2.45, 2.75) is 26.5 Å². The maximum Gasteiger partial charge on any atom is 0.387 e. The largest absolute Gasteiger partial charge is 0.493 e. The van der Waals surface area contributed by atoms with Crippen LogP contribution >= 0.6 is 0 Å². The molecule has 1 amide bonds. The molecule has 0 aliphatic rings. The van der Waals surface area contributed by atoms with Crippen molar-refractivity contribution in [2.24, 2.45) is 0 Å². The number of alkyl halides is 2. The monoisotopic (exact) mass is 365 g/mol. The standard InChI is InChI=1S/C18H21F2N3O3/c1-12-4-3-5-16(22-12)23-17(24)8-9-21-11-13-6-7-14(26-18(19)20)15(10-13)25-2/h3-7,10,18,21H,8-9,11H2,1-2H3,(H,22,23,24). The van der Waals surface area contributed by atoms with Crippen molar-refractivity contribution in [1.29, 1.82) is 0 Å². The van der Waals surface area contributed by atoms with Gasteiger partial charge in [-0.1, -0.05) is 12.1 Å². The molecule has 0 radical (unpaired) electrons. The number of pyridine rings is 1. The van der Waals surface area contributed by atoms with Crippen LogP contribution in [0.15, 0.2) is 36.4 Å². The van der Waals surface area contributed by atoms with E-state index in [0.717, 1.165) is 11.3 Å². The summed E-state index contributed by atoms with van der Waals surface area (Å²) in [4.78, 5) is 16.1. The Labute approximate surface area is 150 Å². The summed E-state index contributed by atoms with van der Waals surface area (Å²) >= 11 is 0. The lowest BCUT2D eigenvalue weighted by atomic mass is 10.2. The number of benzene rings is 1. The molecule has 6 nitrogen and oxygen atoms in total. The number of halogens is 2. The summed E-state index contributed by atoms with van der Waals surface area (Å²) in [5, 5.41) is 5.84. The summed E-state index contributed by atoms with van der Waals surface area (Å²) < 4.78 is 34.0. The van der Waals surface area contributed by atoms with E-state index < -0.39 is 6.61 Å². The maximum atomic E-state index is 12.3. The van der Waals surface area contributed by atoms with E-state index in [1.807, 2.05) is 19.1 Å². The summed E-state index contributed by atoms with van der Waals surface area (Å²) in [5.41, 5.74) is 1.65. The summed E-state index contributed by atoms with van der Waals surface area (Å²) in [6.07, 6.45) is 0.277. The van der Waals surface area contributed by atoms with Gasteiger partial charge < -0.3 is 20.1 Å². The second kappa shape index (κ2) is 9.67. The van der Waals surface area contributed by atoms with E-state index >= 15 is 0 Å². The average Bonchev–Trinajstić information content (AvgIpc) is 2.59. The number of nitrogens with one attached hydrogen (secondary N) is 2. The Morgan fingerprint density at radius 2 is 2.04 bits per heavy atom. The van der Waals surface area contributed by atoms with Gasteiger partial charge in [0.2, 0.25) is 5.91 Å². The molecule has 0 spiro atoms. The fourth-order valence-electron chi connectivity index (χ4n) is 2.27. The third kappa shape index (κ3) is 6.29. The number of methoxy groups -OCH3 is 1. The number of ether oxygens (including phenoxy) is 2. The van der Waals surface area contributed by atoms with Gasteiger partial charge in [-0.25, -0.2) is 4.98 Å². The summed E-state index contributed by atoms with van der Waals surface area (Å²) in [6.45, 7) is -0.145. The molecule has 1 heterocycles. The predicted molar refractivity (Wildman–Crippen MR) is 93.6 cm³/mol. The number of anilines is 1. The topological polar surface area (TPSA) is 72.5 Å². The van der Waals surface area contributed by atoms with Crippen LogP contribution in [0, 0.1) is 6.92 Å². The number of rotatable bonds is 9. The number of carbonyl (C=O) groups is 1. The summed E-state index contributed by atoms with van der Waals surface area (Å²) in [5.74, 6) is 0.590. The molecule has 1 aromatic carbocycles. The lowest BCUT2D eigenvalue weighted by Gasteiger charge is -2.12. The second-order valence-corrected chi connectivity index (χ2v) is 5.50. The van der Waals surface area contributed by atoms with Gasteiger partial charge in [-0.2, -0.15) is 8.78 Å².